The first-order valence-corrected chi connectivity index (χ1v) is 6.64. The molecule has 2 heteroatoms. The average molecular weight is 248 g/mol. The van der Waals surface area contributed by atoms with Crippen LogP contribution in [0, 0.1) is 17.2 Å². The fourth-order valence-electron chi connectivity index (χ4n) is 2.82. The van der Waals surface area contributed by atoms with Gasteiger partial charge in [0.1, 0.15) is 0 Å². The topological polar surface area (TPSA) is 35.8 Å². The molecule has 94 valence electrons. The van der Waals surface area contributed by atoms with E-state index in [0.29, 0.717) is 0 Å². The van der Waals surface area contributed by atoms with Gasteiger partial charge in [-0.05, 0) is 17.5 Å². The zero-order chi connectivity index (χ0) is 13.1. The molecule has 1 fully saturated rings. The molecular formula is C17H16N2. The van der Waals surface area contributed by atoms with E-state index in [2.05, 4.69) is 35.7 Å². The van der Waals surface area contributed by atoms with Crippen molar-refractivity contribution in [2.24, 2.45) is 5.92 Å². The predicted molar refractivity (Wildman–Crippen MR) is 75.2 cm³/mol. The first-order chi connectivity index (χ1) is 9.38. The van der Waals surface area contributed by atoms with E-state index in [4.69, 9.17) is 0 Å². The molecule has 1 aliphatic rings. The lowest BCUT2D eigenvalue weighted by molar-refractivity contribution is 0.544. The molecule has 1 N–H and O–H groups in total. The highest BCUT2D eigenvalue weighted by atomic mass is 15.0. The summed E-state index contributed by atoms with van der Waals surface area (Å²) in [6.07, 6.45) is 0.875. The molecule has 0 radical (unpaired) electrons. The highest BCUT2D eigenvalue weighted by molar-refractivity contribution is 5.27. The SMILES string of the molecule is N#C[C@@H]1C[C@@H](c2ccccc2)N[C@@H]1c1ccccc1. The van der Waals surface area contributed by atoms with Gasteiger partial charge in [-0.25, -0.2) is 0 Å². The Morgan fingerprint density at radius 2 is 1.47 bits per heavy atom. The summed E-state index contributed by atoms with van der Waals surface area (Å²) in [5, 5.41) is 13.0. The quantitative estimate of drug-likeness (QED) is 0.881. The summed E-state index contributed by atoms with van der Waals surface area (Å²) in [7, 11) is 0. The van der Waals surface area contributed by atoms with Crippen LogP contribution in [0.15, 0.2) is 60.7 Å². The van der Waals surface area contributed by atoms with Gasteiger partial charge in [0.05, 0.1) is 12.0 Å². The fraction of sp³-hybridized carbons (Fsp3) is 0.235. The molecule has 3 rings (SSSR count). The van der Waals surface area contributed by atoms with Gasteiger partial charge in [0.2, 0.25) is 0 Å². The maximum atomic E-state index is 9.37. The maximum Gasteiger partial charge on any atom is 0.0676 e. The van der Waals surface area contributed by atoms with Gasteiger partial charge >= 0.3 is 0 Å². The molecule has 0 amide bonds. The lowest BCUT2D eigenvalue weighted by Gasteiger charge is -2.16. The molecule has 2 aromatic carbocycles. The Kier molecular flexibility index (Phi) is 3.31. The summed E-state index contributed by atoms with van der Waals surface area (Å²) in [6, 6.07) is 23.5. The lowest BCUT2D eigenvalue weighted by atomic mass is 9.94. The van der Waals surface area contributed by atoms with Crippen molar-refractivity contribution in [3.05, 3.63) is 71.8 Å². The molecule has 0 aliphatic carbocycles. The van der Waals surface area contributed by atoms with Crippen LogP contribution in [0.5, 0.6) is 0 Å². The normalized spacial score (nSPS) is 25.9. The van der Waals surface area contributed by atoms with Crippen LogP contribution in [0.3, 0.4) is 0 Å². The lowest BCUT2D eigenvalue weighted by Crippen LogP contribution is -2.19. The number of nitrogens with zero attached hydrogens (tertiary/aromatic N) is 1. The van der Waals surface area contributed by atoms with Crippen LogP contribution in [0.4, 0.5) is 0 Å². The van der Waals surface area contributed by atoms with Gasteiger partial charge in [-0.1, -0.05) is 60.7 Å². The largest absolute Gasteiger partial charge is 0.302 e. The Morgan fingerprint density at radius 1 is 0.895 bits per heavy atom. The van der Waals surface area contributed by atoms with E-state index in [1.165, 1.54) is 11.1 Å². The summed E-state index contributed by atoms with van der Waals surface area (Å²) in [4.78, 5) is 0. The minimum atomic E-state index is 0.0348. The van der Waals surface area contributed by atoms with Crippen molar-refractivity contribution in [2.45, 2.75) is 18.5 Å². The summed E-state index contributed by atoms with van der Waals surface area (Å²) in [5.41, 5.74) is 2.47. The Bertz CT molecular complexity index is 571. The van der Waals surface area contributed by atoms with Crippen molar-refractivity contribution in [3.63, 3.8) is 0 Å². The third-order valence-corrected chi connectivity index (χ3v) is 3.80. The highest BCUT2D eigenvalue weighted by Gasteiger charge is 2.35. The standard InChI is InChI=1S/C17H16N2/c18-12-15-11-16(13-7-3-1-4-8-13)19-17(15)14-9-5-2-6-10-14/h1-10,15-17,19H,11H2/t15-,16-,17+/m0/s1. The Labute approximate surface area is 113 Å². The van der Waals surface area contributed by atoms with Crippen LogP contribution in [-0.4, -0.2) is 0 Å². The van der Waals surface area contributed by atoms with E-state index in [1.54, 1.807) is 0 Å². The number of rotatable bonds is 2. The third-order valence-electron chi connectivity index (χ3n) is 3.80. The number of nitrogens with one attached hydrogen (secondary N) is 1. The maximum absolute atomic E-state index is 9.37. The molecule has 0 saturated carbocycles. The minimum absolute atomic E-state index is 0.0348. The minimum Gasteiger partial charge on any atom is -0.302 e. The summed E-state index contributed by atoms with van der Waals surface area (Å²) >= 11 is 0. The number of benzene rings is 2. The molecule has 2 aromatic rings. The fourth-order valence-corrected chi connectivity index (χ4v) is 2.82. The van der Waals surface area contributed by atoms with Crippen molar-refractivity contribution in [2.75, 3.05) is 0 Å². The van der Waals surface area contributed by atoms with Crippen LogP contribution in [0.25, 0.3) is 0 Å². The van der Waals surface area contributed by atoms with Gasteiger partial charge in [0.25, 0.3) is 0 Å². The van der Waals surface area contributed by atoms with Crippen LogP contribution in [0.1, 0.15) is 29.6 Å². The van der Waals surface area contributed by atoms with Crippen molar-refractivity contribution < 1.29 is 0 Å². The zero-order valence-electron chi connectivity index (χ0n) is 10.7. The van der Waals surface area contributed by atoms with Crippen molar-refractivity contribution in [1.82, 2.24) is 5.32 Å². The molecule has 0 aromatic heterocycles. The Balaban J connectivity index is 1.86. The molecule has 3 atom stereocenters. The Hall–Kier alpha value is -2.11. The van der Waals surface area contributed by atoms with Crippen LogP contribution >= 0.6 is 0 Å². The molecular weight excluding hydrogens is 232 g/mol. The summed E-state index contributed by atoms with van der Waals surface area (Å²) < 4.78 is 0. The van der Waals surface area contributed by atoms with Crippen molar-refractivity contribution in [3.8, 4) is 6.07 Å². The second-order valence-corrected chi connectivity index (χ2v) is 4.99. The molecule has 2 nitrogen and oxygen atoms in total. The van der Waals surface area contributed by atoms with Crippen molar-refractivity contribution >= 4 is 0 Å². The van der Waals surface area contributed by atoms with Crippen LogP contribution in [0.2, 0.25) is 0 Å². The van der Waals surface area contributed by atoms with Crippen LogP contribution in [-0.2, 0) is 0 Å². The van der Waals surface area contributed by atoms with Gasteiger partial charge in [0.15, 0.2) is 0 Å². The number of hydrogen-bond donors (Lipinski definition) is 1. The highest BCUT2D eigenvalue weighted by Crippen LogP contribution is 2.38. The van der Waals surface area contributed by atoms with Crippen LogP contribution < -0.4 is 5.32 Å². The molecule has 1 heterocycles. The first-order valence-electron chi connectivity index (χ1n) is 6.64. The van der Waals surface area contributed by atoms with E-state index in [9.17, 15) is 5.26 Å². The molecule has 0 spiro atoms. The average Bonchev–Trinajstić information content (AvgIpc) is 2.93. The molecule has 19 heavy (non-hydrogen) atoms. The molecule has 0 unspecified atom stereocenters. The summed E-state index contributed by atoms with van der Waals surface area (Å²) in [6.45, 7) is 0. The van der Waals surface area contributed by atoms with E-state index in [-0.39, 0.29) is 18.0 Å². The smallest absolute Gasteiger partial charge is 0.0676 e. The first kappa shape index (κ1) is 12.0. The van der Waals surface area contributed by atoms with Gasteiger partial charge < -0.3 is 5.32 Å². The zero-order valence-corrected chi connectivity index (χ0v) is 10.7. The van der Waals surface area contributed by atoms with E-state index < -0.39 is 0 Å². The van der Waals surface area contributed by atoms with Gasteiger partial charge in [-0.2, -0.15) is 5.26 Å². The van der Waals surface area contributed by atoms with E-state index >= 15 is 0 Å². The Morgan fingerprint density at radius 3 is 2.05 bits per heavy atom. The monoisotopic (exact) mass is 248 g/mol. The molecule has 1 aliphatic heterocycles. The molecule has 1 saturated heterocycles. The second-order valence-electron chi connectivity index (χ2n) is 4.99. The van der Waals surface area contributed by atoms with E-state index in [1.807, 2.05) is 36.4 Å². The summed E-state index contributed by atoms with van der Waals surface area (Å²) in [5.74, 6) is 0.0348. The van der Waals surface area contributed by atoms with E-state index in [0.717, 1.165) is 6.42 Å². The number of hydrogen-bond acceptors (Lipinski definition) is 2. The molecule has 0 bridgehead atoms. The van der Waals surface area contributed by atoms with Gasteiger partial charge in [-0.15, -0.1) is 0 Å². The third kappa shape index (κ3) is 2.38. The van der Waals surface area contributed by atoms with Crippen molar-refractivity contribution in [1.29, 1.82) is 5.26 Å². The predicted octanol–water partition coefficient (Wildman–Crippen LogP) is 3.60. The van der Waals surface area contributed by atoms with Gasteiger partial charge in [-0.3, -0.25) is 0 Å². The van der Waals surface area contributed by atoms with Gasteiger partial charge in [0, 0.05) is 12.1 Å². The second kappa shape index (κ2) is 5.26. The number of nitriles is 1.